The Morgan fingerprint density at radius 3 is 2.64 bits per heavy atom. The van der Waals surface area contributed by atoms with E-state index in [1.807, 2.05) is 29.9 Å². The number of nitrogens with zero attached hydrogens (tertiary/aromatic N) is 2. The molecular formula is C19H19N3O4S2. The van der Waals surface area contributed by atoms with Gasteiger partial charge in [0.25, 0.3) is 10.0 Å². The molecule has 146 valence electrons. The molecule has 2 aromatic carbocycles. The largest absolute Gasteiger partial charge is 0.465 e. The number of hydrogen-bond acceptors (Lipinski definition) is 6. The lowest BCUT2D eigenvalue weighted by Gasteiger charge is -2.14. The topological polar surface area (TPSA) is 90.3 Å². The number of rotatable bonds is 6. The smallest absolute Gasteiger partial charge is 0.337 e. The number of aryl methyl sites for hydroxylation is 2. The Bertz CT molecular complexity index is 1120. The van der Waals surface area contributed by atoms with E-state index in [-0.39, 0.29) is 10.5 Å². The Kier molecular flexibility index (Phi) is 5.76. The van der Waals surface area contributed by atoms with Gasteiger partial charge in [-0.05, 0) is 48.5 Å². The van der Waals surface area contributed by atoms with Gasteiger partial charge in [-0.15, -0.1) is 0 Å². The summed E-state index contributed by atoms with van der Waals surface area (Å²) >= 11 is 1.35. The molecule has 0 aliphatic rings. The fraction of sp³-hybridized carbons (Fsp3) is 0.158. The third kappa shape index (κ3) is 4.20. The number of aromatic nitrogens is 2. The van der Waals surface area contributed by atoms with Crippen LogP contribution in [-0.4, -0.2) is 31.0 Å². The van der Waals surface area contributed by atoms with Crippen LogP contribution in [0.25, 0.3) is 0 Å². The Morgan fingerprint density at radius 1 is 1.21 bits per heavy atom. The Hall–Kier alpha value is -2.78. The average molecular weight is 418 g/mol. The van der Waals surface area contributed by atoms with E-state index < -0.39 is 16.0 Å². The van der Waals surface area contributed by atoms with Crippen LogP contribution in [0.5, 0.6) is 0 Å². The number of carbonyl (C=O) groups is 1. The molecule has 0 aliphatic heterocycles. The zero-order valence-electron chi connectivity index (χ0n) is 15.5. The molecule has 0 spiro atoms. The molecule has 0 saturated heterocycles. The number of sulfonamides is 1. The SMILES string of the molecule is COC(=O)c1ccc(C)c(S(=O)(=O)Nc2ccccc2Sc2nccn2C)c1. The van der Waals surface area contributed by atoms with Gasteiger partial charge in [0.15, 0.2) is 5.16 Å². The molecule has 0 radical (unpaired) electrons. The van der Waals surface area contributed by atoms with Gasteiger partial charge in [-0.1, -0.05) is 18.2 Å². The third-order valence-electron chi connectivity index (χ3n) is 4.01. The Labute approximate surface area is 167 Å². The van der Waals surface area contributed by atoms with Crippen molar-refractivity contribution in [1.82, 2.24) is 9.55 Å². The quantitative estimate of drug-likeness (QED) is 0.618. The predicted octanol–water partition coefficient (Wildman–Crippen LogP) is 3.47. The number of para-hydroxylation sites is 1. The second kappa shape index (κ2) is 8.07. The lowest BCUT2D eigenvalue weighted by molar-refractivity contribution is 0.0600. The molecule has 1 heterocycles. The highest BCUT2D eigenvalue weighted by atomic mass is 32.2. The second-order valence-corrected chi connectivity index (χ2v) is 8.66. The van der Waals surface area contributed by atoms with E-state index in [1.54, 1.807) is 31.3 Å². The van der Waals surface area contributed by atoms with Gasteiger partial charge in [0.05, 0.1) is 23.3 Å². The summed E-state index contributed by atoms with van der Waals surface area (Å²) in [6, 6.07) is 11.5. The van der Waals surface area contributed by atoms with Crippen molar-refractivity contribution in [1.29, 1.82) is 0 Å². The van der Waals surface area contributed by atoms with Crippen LogP contribution >= 0.6 is 11.8 Å². The molecule has 9 heteroatoms. The predicted molar refractivity (Wildman–Crippen MR) is 107 cm³/mol. The van der Waals surface area contributed by atoms with Crippen molar-refractivity contribution in [2.24, 2.45) is 7.05 Å². The number of ether oxygens (including phenoxy) is 1. The second-order valence-electron chi connectivity index (χ2n) is 6.00. The zero-order chi connectivity index (χ0) is 20.3. The van der Waals surface area contributed by atoms with Crippen molar-refractivity contribution in [3.8, 4) is 0 Å². The minimum atomic E-state index is -3.92. The van der Waals surface area contributed by atoms with Crippen LogP contribution in [0.1, 0.15) is 15.9 Å². The van der Waals surface area contributed by atoms with Crippen LogP contribution in [0.4, 0.5) is 5.69 Å². The van der Waals surface area contributed by atoms with Gasteiger partial charge in [0.2, 0.25) is 0 Å². The first-order valence-electron chi connectivity index (χ1n) is 8.28. The number of hydrogen-bond donors (Lipinski definition) is 1. The fourth-order valence-electron chi connectivity index (χ4n) is 2.52. The molecule has 0 fully saturated rings. The minimum Gasteiger partial charge on any atom is -0.465 e. The number of carbonyl (C=O) groups excluding carboxylic acids is 1. The number of nitrogens with one attached hydrogen (secondary N) is 1. The van der Waals surface area contributed by atoms with Gasteiger partial charge in [-0.25, -0.2) is 18.2 Å². The van der Waals surface area contributed by atoms with Crippen molar-refractivity contribution in [2.45, 2.75) is 21.9 Å². The van der Waals surface area contributed by atoms with Gasteiger partial charge in [0.1, 0.15) is 0 Å². The molecule has 0 amide bonds. The number of imidazole rings is 1. The van der Waals surface area contributed by atoms with Gasteiger partial charge in [-0.3, -0.25) is 4.72 Å². The van der Waals surface area contributed by atoms with Crippen LogP contribution in [0.3, 0.4) is 0 Å². The lowest BCUT2D eigenvalue weighted by Crippen LogP contribution is -2.16. The summed E-state index contributed by atoms with van der Waals surface area (Å²) in [4.78, 5) is 16.8. The molecule has 28 heavy (non-hydrogen) atoms. The molecule has 3 aromatic rings. The minimum absolute atomic E-state index is 0.0206. The number of methoxy groups -OCH3 is 1. The normalized spacial score (nSPS) is 11.2. The molecule has 0 unspecified atom stereocenters. The number of esters is 1. The van der Waals surface area contributed by atoms with Gasteiger partial charge < -0.3 is 9.30 Å². The van der Waals surface area contributed by atoms with Gasteiger partial charge >= 0.3 is 5.97 Å². The van der Waals surface area contributed by atoms with Gasteiger partial charge in [-0.2, -0.15) is 0 Å². The van der Waals surface area contributed by atoms with E-state index in [2.05, 4.69) is 14.4 Å². The number of benzene rings is 2. The summed E-state index contributed by atoms with van der Waals surface area (Å²) in [6.45, 7) is 1.67. The average Bonchev–Trinajstić information content (AvgIpc) is 3.07. The molecule has 1 aromatic heterocycles. The Morgan fingerprint density at radius 2 is 1.96 bits per heavy atom. The molecule has 0 bridgehead atoms. The molecule has 1 N–H and O–H groups in total. The number of anilines is 1. The van der Waals surface area contributed by atoms with E-state index in [0.29, 0.717) is 16.1 Å². The monoisotopic (exact) mass is 417 g/mol. The van der Waals surface area contributed by atoms with E-state index in [9.17, 15) is 13.2 Å². The highest BCUT2D eigenvalue weighted by Gasteiger charge is 2.21. The fourth-order valence-corrected chi connectivity index (χ4v) is 4.83. The van der Waals surface area contributed by atoms with Crippen molar-refractivity contribution in [3.05, 3.63) is 66.0 Å². The highest BCUT2D eigenvalue weighted by Crippen LogP contribution is 2.33. The van der Waals surface area contributed by atoms with Crippen LogP contribution in [0, 0.1) is 6.92 Å². The van der Waals surface area contributed by atoms with Crippen LogP contribution in [-0.2, 0) is 21.8 Å². The summed E-state index contributed by atoms with van der Waals surface area (Å²) in [7, 11) is -0.804. The molecule has 7 nitrogen and oxygen atoms in total. The van der Waals surface area contributed by atoms with Crippen LogP contribution in [0.2, 0.25) is 0 Å². The maximum Gasteiger partial charge on any atom is 0.337 e. The molecule has 0 atom stereocenters. The molecular weight excluding hydrogens is 398 g/mol. The Balaban J connectivity index is 1.96. The van der Waals surface area contributed by atoms with Crippen LogP contribution < -0.4 is 4.72 Å². The van der Waals surface area contributed by atoms with E-state index >= 15 is 0 Å². The first kappa shape index (κ1) is 20.0. The molecule has 0 saturated carbocycles. The van der Waals surface area contributed by atoms with Crippen molar-refractivity contribution >= 4 is 33.4 Å². The summed E-state index contributed by atoms with van der Waals surface area (Å²) in [6.07, 6.45) is 3.49. The third-order valence-corrected chi connectivity index (χ3v) is 6.67. The highest BCUT2D eigenvalue weighted by molar-refractivity contribution is 7.99. The van der Waals surface area contributed by atoms with Gasteiger partial charge in [0, 0.05) is 24.3 Å². The summed E-state index contributed by atoms with van der Waals surface area (Å²) in [5.74, 6) is -0.595. The van der Waals surface area contributed by atoms with E-state index in [1.165, 1.54) is 31.0 Å². The zero-order valence-corrected chi connectivity index (χ0v) is 17.2. The summed E-state index contributed by atoms with van der Waals surface area (Å²) in [5, 5.41) is 0.732. The molecule has 3 rings (SSSR count). The first-order valence-corrected chi connectivity index (χ1v) is 10.6. The molecule has 0 aliphatic carbocycles. The van der Waals surface area contributed by atoms with Crippen LogP contribution in [0.15, 0.2) is 69.8 Å². The van der Waals surface area contributed by atoms with E-state index in [0.717, 1.165) is 5.16 Å². The lowest BCUT2D eigenvalue weighted by atomic mass is 10.1. The van der Waals surface area contributed by atoms with Crippen molar-refractivity contribution in [2.75, 3.05) is 11.8 Å². The first-order chi connectivity index (χ1) is 13.3. The van der Waals surface area contributed by atoms with Crippen molar-refractivity contribution < 1.29 is 17.9 Å². The summed E-state index contributed by atoms with van der Waals surface area (Å²) in [5.41, 5.74) is 1.12. The maximum absolute atomic E-state index is 13.0. The standard InChI is InChI=1S/C19H19N3O4S2/c1-13-8-9-14(18(23)26-3)12-17(13)28(24,25)21-15-6-4-5-7-16(15)27-19-20-10-11-22(19)2/h4-12,21H,1-3H3. The summed E-state index contributed by atoms with van der Waals surface area (Å²) < 4.78 is 35.2. The van der Waals surface area contributed by atoms with Crippen molar-refractivity contribution in [3.63, 3.8) is 0 Å². The maximum atomic E-state index is 13.0. The van der Waals surface area contributed by atoms with E-state index in [4.69, 9.17) is 0 Å².